The monoisotopic (exact) mass is 339 g/mol. The Morgan fingerprint density at radius 1 is 1.17 bits per heavy atom. The van der Waals surface area contributed by atoms with Crippen molar-refractivity contribution in [2.75, 3.05) is 0 Å². The minimum absolute atomic E-state index is 0.139. The zero-order valence-corrected chi connectivity index (χ0v) is 11.8. The highest BCUT2D eigenvalue weighted by atomic mass is 19.4. The normalized spacial score (nSPS) is 12.7. The molecule has 0 aliphatic heterocycles. The number of halogens is 6. The van der Waals surface area contributed by atoms with Crippen LogP contribution in [0.2, 0.25) is 0 Å². The van der Waals surface area contributed by atoms with Crippen LogP contribution in [-0.4, -0.2) is 22.9 Å². The SMILES string of the molecule is CCCn1cc(C(=O)C(F)(F)F)c2cccc(OC(F)(F)F)c21. The van der Waals surface area contributed by atoms with E-state index < -0.39 is 29.6 Å². The lowest BCUT2D eigenvalue weighted by Crippen LogP contribution is -2.22. The summed E-state index contributed by atoms with van der Waals surface area (Å²) < 4.78 is 80.4. The van der Waals surface area contributed by atoms with E-state index in [0.717, 1.165) is 29.0 Å². The average molecular weight is 339 g/mol. The van der Waals surface area contributed by atoms with Gasteiger partial charge in [0.15, 0.2) is 5.75 Å². The van der Waals surface area contributed by atoms with E-state index in [1.807, 2.05) is 0 Å². The molecule has 1 aromatic carbocycles. The number of alkyl halides is 6. The van der Waals surface area contributed by atoms with E-state index in [2.05, 4.69) is 4.74 Å². The molecule has 0 bridgehead atoms. The molecule has 0 amide bonds. The Bertz CT molecular complexity index is 729. The van der Waals surface area contributed by atoms with Gasteiger partial charge in [0.2, 0.25) is 0 Å². The van der Waals surface area contributed by atoms with Gasteiger partial charge in [0.05, 0.1) is 11.1 Å². The molecule has 1 heterocycles. The summed E-state index contributed by atoms with van der Waals surface area (Å²) in [6.45, 7) is 1.84. The molecule has 0 N–H and O–H groups in total. The molecule has 2 aromatic rings. The first kappa shape index (κ1) is 17.2. The summed E-state index contributed by atoms with van der Waals surface area (Å²) >= 11 is 0. The van der Waals surface area contributed by atoms with E-state index in [-0.39, 0.29) is 17.4 Å². The molecule has 0 saturated heterocycles. The van der Waals surface area contributed by atoms with E-state index in [1.165, 1.54) is 0 Å². The van der Waals surface area contributed by atoms with Gasteiger partial charge in [-0.1, -0.05) is 19.1 Å². The highest BCUT2D eigenvalue weighted by molar-refractivity contribution is 6.11. The number of hydrogen-bond donors (Lipinski definition) is 0. The van der Waals surface area contributed by atoms with Crippen molar-refractivity contribution in [3.63, 3.8) is 0 Å². The highest BCUT2D eigenvalue weighted by Gasteiger charge is 2.41. The molecule has 3 nitrogen and oxygen atoms in total. The van der Waals surface area contributed by atoms with Gasteiger partial charge in [-0.2, -0.15) is 13.2 Å². The summed E-state index contributed by atoms with van der Waals surface area (Å²) in [5.41, 5.74) is -0.896. The lowest BCUT2D eigenvalue weighted by molar-refractivity contribution is -0.274. The number of ether oxygens (including phenoxy) is 1. The Kier molecular flexibility index (Phi) is 4.32. The third-order valence-corrected chi connectivity index (χ3v) is 3.05. The Morgan fingerprint density at radius 3 is 2.35 bits per heavy atom. The van der Waals surface area contributed by atoms with E-state index in [0.29, 0.717) is 6.42 Å². The number of ketones is 1. The summed E-state index contributed by atoms with van der Waals surface area (Å²) in [6, 6.07) is 3.25. The van der Waals surface area contributed by atoms with Gasteiger partial charge in [-0.3, -0.25) is 4.79 Å². The number of hydrogen-bond acceptors (Lipinski definition) is 2. The van der Waals surface area contributed by atoms with Gasteiger partial charge < -0.3 is 9.30 Å². The van der Waals surface area contributed by atoms with Crippen LogP contribution in [0.5, 0.6) is 5.75 Å². The van der Waals surface area contributed by atoms with Gasteiger partial charge in [-0.15, -0.1) is 13.2 Å². The summed E-state index contributed by atoms with van der Waals surface area (Å²) in [6.07, 6.45) is -8.76. The van der Waals surface area contributed by atoms with Crippen LogP contribution in [0.4, 0.5) is 26.3 Å². The third-order valence-electron chi connectivity index (χ3n) is 3.05. The molecule has 0 radical (unpaired) electrons. The second-order valence-corrected chi connectivity index (χ2v) is 4.76. The Hall–Kier alpha value is -2.19. The van der Waals surface area contributed by atoms with Crippen molar-refractivity contribution in [1.29, 1.82) is 0 Å². The molecule has 1 aromatic heterocycles. The van der Waals surface area contributed by atoms with E-state index in [1.54, 1.807) is 6.92 Å². The second kappa shape index (κ2) is 5.78. The molecule has 0 unspecified atom stereocenters. The molecule has 0 aliphatic rings. The maximum Gasteiger partial charge on any atom is 0.573 e. The fourth-order valence-electron chi connectivity index (χ4n) is 2.28. The van der Waals surface area contributed by atoms with Gasteiger partial charge >= 0.3 is 12.5 Å². The fourth-order valence-corrected chi connectivity index (χ4v) is 2.28. The van der Waals surface area contributed by atoms with Crippen LogP contribution in [0.25, 0.3) is 10.9 Å². The average Bonchev–Trinajstić information content (AvgIpc) is 2.75. The van der Waals surface area contributed by atoms with E-state index >= 15 is 0 Å². The smallest absolute Gasteiger partial charge is 0.404 e. The largest absolute Gasteiger partial charge is 0.573 e. The number of nitrogens with zero attached hydrogens (tertiary/aromatic N) is 1. The van der Waals surface area contributed by atoms with Crippen molar-refractivity contribution in [3.8, 4) is 5.75 Å². The standard InChI is InChI=1S/C14H11F6NO2/c1-2-6-21-7-9(12(22)13(15,16)17)8-4-3-5-10(11(8)21)23-14(18,19)20/h3-5,7H,2,6H2,1H3. The number of para-hydroxylation sites is 1. The number of Topliss-reactive ketones (excluding diaryl/α,β-unsaturated/α-hetero) is 1. The molecule has 0 fully saturated rings. The predicted octanol–water partition coefficient (Wildman–Crippen LogP) is 4.69. The molecular formula is C14H11F6NO2. The number of fused-ring (bicyclic) bond motifs is 1. The van der Waals surface area contributed by atoms with Gasteiger partial charge in [-0.05, 0) is 12.5 Å². The summed E-state index contributed by atoms with van der Waals surface area (Å²) in [5.74, 6) is -2.76. The summed E-state index contributed by atoms with van der Waals surface area (Å²) in [4.78, 5) is 11.5. The number of aryl methyl sites for hydroxylation is 1. The lowest BCUT2D eigenvalue weighted by Gasteiger charge is -2.12. The molecule has 2 rings (SSSR count). The maximum absolute atomic E-state index is 12.7. The van der Waals surface area contributed by atoms with Crippen molar-refractivity contribution in [2.24, 2.45) is 0 Å². The van der Waals surface area contributed by atoms with Crippen LogP contribution in [-0.2, 0) is 6.54 Å². The van der Waals surface area contributed by atoms with Gasteiger partial charge in [0.25, 0.3) is 5.78 Å². The molecule has 9 heteroatoms. The van der Waals surface area contributed by atoms with E-state index in [4.69, 9.17) is 0 Å². The van der Waals surface area contributed by atoms with Crippen LogP contribution in [0.1, 0.15) is 23.7 Å². The minimum Gasteiger partial charge on any atom is -0.404 e. The molecule has 0 spiro atoms. The van der Waals surface area contributed by atoms with Crippen molar-refractivity contribution < 1.29 is 35.9 Å². The van der Waals surface area contributed by atoms with Crippen molar-refractivity contribution in [1.82, 2.24) is 4.57 Å². The zero-order chi connectivity index (χ0) is 17.4. The molecule has 0 aliphatic carbocycles. The molecule has 23 heavy (non-hydrogen) atoms. The first-order valence-electron chi connectivity index (χ1n) is 6.53. The van der Waals surface area contributed by atoms with Crippen molar-refractivity contribution >= 4 is 16.7 Å². The van der Waals surface area contributed by atoms with Crippen molar-refractivity contribution in [3.05, 3.63) is 30.0 Å². The predicted molar refractivity (Wildman–Crippen MR) is 69.3 cm³/mol. The number of benzene rings is 1. The Morgan fingerprint density at radius 2 is 1.83 bits per heavy atom. The molecule has 0 atom stereocenters. The Balaban J connectivity index is 2.69. The third kappa shape index (κ3) is 3.59. The topological polar surface area (TPSA) is 31.2 Å². The number of carbonyl (C=O) groups excluding carboxylic acids is 1. The molecular weight excluding hydrogens is 328 g/mol. The fraction of sp³-hybridized carbons (Fsp3) is 0.357. The number of aromatic nitrogens is 1. The number of rotatable bonds is 4. The number of carbonyl (C=O) groups is 1. The second-order valence-electron chi connectivity index (χ2n) is 4.76. The molecule has 126 valence electrons. The van der Waals surface area contributed by atoms with Crippen molar-refractivity contribution in [2.45, 2.75) is 32.4 Å². The molecule has 0 saturated carbocycles. The summed E-state index contributed by atoms with van der Waals surface area (Å²) in [7, 11) is 0. The van der Waals surface area contributed by atoms with Crippen LogP contribution in [0.3, 0.4) is 0 Å². The first-order valence-corrected chi connectivity index (χ1v) is 6.53. The zero-order valence-electron chi connectivity index (χ0n) is 11.8. The van der Waals surface area contributed by atoms with Crippen LogP contribution >= 0.6 is 0 Å². The van der Waals surface area contributed by atoms with Gasteiger partial charge in [0, 0.05) is 18.1 Å². The van der Waals surface area contributed by atoms with Crippen LogP contribution in [0, 0.1) is 0 Å². The minimum atomic E-state index is -5.12. The maximum atomic E-state index is 12.7. The quantitative estimate of drug-likeness (QED) is 0.597. The van der Waals surface area contributed by atoms with Crippen LogP contribution < -0.4 is 4.74 Å². The lowest BCUT2D eigenvalue weighted by atomic mass is 10.1. The van der Waals surface area contributed by atoms with Crippen LogP contribution in [0.15, 0.2) is 24.4 Å². The van der Waals surface area contributed by atoms with Gasteiger partial charge in [0.1, 0.15) is 0 Å². The first-order chi connectivity index (χ1) is 10.5. The van der Waals surface area contributed by atoms with Gasteiger partial charge in [-0.25, -0.2) is 0 Å². The summed E-state index contributed by atoms with van der Waals surface area (Å²) in [5, 5.41) is -0.234. The highest BCUT2D eigenvalue weighted by Crippen LogP contribution is 2.35. The van der Waals surface area contributed by atoms with E-state index in [9.17, 15) is 31.1 Å². The Labute approximate surface area is 126 Å².